The molecule has 1 amide bonds. The molecule has 0 saturated heterocycles. The zero-order chi connectivity index (χ0) is 20.5. The Morgan fingerprint density at radius 3 is 2.48 bits per heavy atom. The van der Waals surface area contributed by atoms with E-state index in [4.69, 9.17) is 16.7 Å². The lowest BCUT2D eigenvalue weighted by Crippen LogP contribution is -2.29. The van der Waals surface area contributed by atoms with E-state index in [1.165, 1.54) is 5.56 Å². The predicted octanol–water partition coefficient (Wildman–Crippen LogP) is 4.49. The summed E-state index contributed by atoms with van der Waals surface area (Å²) < 4.78 is 0. The van der Waals surface area contributed by atoms with Crippen LogP contribution in [0, 0.1) is 11.8 Å². The highest BCUT2D eigenvalue weighted by atomic mass is 35.5. The number of allylic oxidation sites excluding steroid dienone is 2. The molecular formula is C23H25ClN2O3. The van der Waals surface area contributed by atoms with Crippen molar-refractivity contribution in [3.05, 3.63) is 64.9 Å². The lowest BCUT2D eigenvalue weighted by molar-refractivity contribution is -0.142. The summed E-state index contributed by atoms with van der Waals surface area (Å²) in [5.74, 6) is -0.649. The van der Waals surface area contributed by atoms with Gasteiger partial charge in [-0.05, 0) is 55.4 Å². The first-order chi connectivity index (χ1) is 13.9. The monoisotopic (exact) mass is 412 g/mol. The van der Waals surface area contributed by atoms with E-state index in [1.54, 1.807) is 0 Å². The molecular weight excluding hydrogens is 388 g/mol. The van der Waals surface area contributed by atoms with Gasteiger partial charge in [0.2, 0.25) is 0 Å². The van der Waals surface area contributed by atoms with Crippen LogP contribution in [-0.4, -0.2) is 35.0 Å². The molecule has 152 valence electrons. The third-order valence-electron chi connectivity index (χ3n) is 6.31. The van der Waals surface area contributed by atoms with Gasteiger partial charge in [0.15, 0.2) is 0 Å². The molecule has 2 aliphatic carbocycles. The fourth-order valence-electron chi connectivity index (χ4n) is 4.62. The average Bonchev–Trinajstić information content (AvgIpc) is 3.04. The first-order valence-electron chi connectivity index (χ1n) is 10.1. The number of benzene rings is 1. The Morgan fingerprint density at radius 2 is 1.83 bits per heavy atom. The maximum absolute atomic E-state index is 12.9. The summed E-state index contributed by atoms with van der Waals surface area (Å²) in [4.78, 5) is 26.0. The van der Waals surface area contributed by atoms with Crippen LogP contribution in [0.15, 0.2) is 59.3 Å². The van der Waals surface area contributed by atoms with Crippen LogP contribution in [0.2, 0.25) is 0 Å². The fourth-order valence-corrected chi connectivity index (χ4v) is 4.82. The minimum Gasteiger partial charge on any atom is -0.481 e. The number of carboxylic acid groups (broad SMARTS) is 1. The summed E-state index contributed by atoms with van der Waals surface area (Å²) in [6, 6.07) is 8.06. The highest BCUT2D eigenvalue weighted by Crippen LogP contribution is 2.37. The molecule has 0 aromatic heterocycles. The van der Waals surface area contributed by atoms with Crippen LogP contribution in [0.4, 0.5) is 5.69 Å². The Bertz CT molecular complexity index is 895. The van der Waals surface area contributed by atoms with Gasteiger partial charge in [-0.25, -0.2) is 0 Å². The van der Waals surface area contributed by atoms with E-state index in [2.05, 4.69) is 5.32 Å². The molecule has 2 unspecified atom stereocenters. The Kier molecular flexibility index (Phi) is 5.50. The molecule has 3 aliphatic rings. The number of hydrogen-bond donors (Lipinski definition) is 2. The zero-order valence-electron chi connectivity index (χ0n) is 16.3. The Hall–Kier alpha value is -2.53. The van der Waals surface area contributed by atoms with E-state index < -0.39 is 5.97 Å². The summed E-state index contributed by atoms with van der Waals surface area (Å²) in [7, 11) is 1.96. The van der Waals surface area contributed by atoms with Crippen LogP contribution in [0.25, 0.3) is 0 Å². The van der Waals surface area contributed by atoms with Gasteiger partial charge in [-0.3, -0.25) is 9.59 Å². The van der Waals surface area contributed by atoms with Crippen LogP contribution in [0.5, 0.6) is 0 Å². The summed E-state index contributed by atoms with van der Waals surface area (Å²) in [5, 5.41) is 12.8. The van der Waals surface area contributed by atoms with Gasteiger partial charge in [-0.15, -0.1) is 0 Å². The predicted molar refractivity (Wildman–Crippen MR) is 114 cm³/mol. The molecule has 0 bridgehead atoms. The lowest BCUT2D eigenvalue weighted by Gasteiger charge is -2.26. The second-order valence-corrected chi connectivity index (χ2v) is 8.58. The van der Waals surface area contributed by atoms with Crippen molar-refractivity contribution in [1.29, 1.82) is 0 Å². The number of carbonyl (C=O) groups is 2. The number of likely N-dealkylation sites (N-methyl/N-ethyl adjacent to an activating group) is 1. The van der Waals surface area contributed by atoms with Gasteiger partial charge < -0.3 is 15.3 Å². The molecule has 6 heteroatoms. The van der Waals surface area contributed by atoms with Crippen LogP contribution in [-0.2, 0) is 9.59 Å². The minimum absolute atomic E-state index is 0.0406. The summed E-state index contributed by atoms with van der Waals surface area (Å²) in [6.07, 6.45) is 11.0. The Balaban J connectivity index is 1.39. The van der Waals surface area contributed by atoms with Gasteiger partial charge in [0.1, 0.15) is 0 Å². The van der Waals surface area contributed by atoms with E-state index in [0.717, 1.165) is 31.4 Å². The third-order valence-corrected chi connectivity index (χ3v) is 6.56. The summed E-state index contributed by atoms with van der Waals surface area (Å²) >= 11 is 6.14. The van der Waals surface area contributed by atoms with E-state index in [9.17, 15) is 9.59 Å². The van der Waals surface area contributed by atoms with E-state index in [0.29, 0.717) is 16.5 Å². The lowest BCUT2D eigenvalue weighted by atomic mass is 9.79. The summed E-state index contributed by atoms with van der Waals surface area (Å²) in [6.45, 7) is 0. The fraction of sp³-hybridized carbons (Fsp3) is 0.391. The van der Waals surface area contributed by atoms with Gasteiger partial charge in [0.05, 0.1) is 12.0 Å². The zero-order valence-corrected chi connectivity index (χ0v) is 17.1. The van der Waals surface area contributed by atoms with Crippen molar-refractivity contribution in [2.45, 2.75) is 37.6 Å². The van der Waals surface area contributed by atoms with Gasteiger partial charge in [0.25, 0.3) is 5.91 Å². The summed E-state index contributed by atoms with van der Waals surface area (Å²) in [5.41, 5.74) is 2.67. The number of nitrogens with one attached hydrogen (secondary N) is 1. The molecule has 1 heterocycles. The molecule has 1 aromatic carbocycles. The largest absolute Gasteiger partial charge is 0.481 e. The standard InChI is InChI=1S/C23H25ClN2O3/c1-26-13-20(19-12-17(24)8-11-21(19)26)22(27)25-18-9-6-15(7-10-18)14-2-4-16(5-3-14)23(28)29/h6-14,16,19,21H,2-5H2,1H3,(H,25,27)(H,28,29)/t14-,16-,19?,21?. The Labute approximate surface area is 175 Å². The minimum atomic E-state index is -0.680. The van der Waals surface area contributed by atoms with Crippen LogP contribution >= 0.6 is 11.6 Å². The number of aliphatic carboxylic acids is 1. The first kappa shape index (κ1) is 19.8. The van der Waals surface area contributed by atoms with Gasteiger partial charge in [-0.1, -0.05) is 35.9 Å². The quantitative estimate of drug-likeness (QED) is 0.764. The van der Waals surface area contributed by atoms with E-state index in [1.807, 2.05) is 60.6 Å². The maximum Gasteiger partial charge on any atom is 0.306 e. The number of carbonyl (C=O) groups excluding carboxylic acids is 1. The highest BCUT2D eigenvalue weighted by Gasteiger charge is 2.35. The van der Waals surface area contributed by atoms with Crippen LogP contribution in [0.1, 0.15) is 37.2 Å². The van der Waals surface area contributed by atoms with Crippen molar-refractivity contribution < 1.29 is 14.7 Å². The number of anilines is 1. The second-order valence-electron chi connectivity index (χ2n) is 8.14. The van der Waals surface area contributed by atoms with E-state index in [-0.39, 0.29) is 23.8 Å². The first-order valence-corrected chi connectivity index (χ1v) is 10.4. The Morgan fingerprint density at radius 1 is 1.14 bits per heavy atom. The van der Waals surface area contributed by atoms with Crippen LogP contribution in [0.3, 0.4) is 0 Å². The number of carboxylic acids is 1. The average molecular weight is 413 g/mol. The molecule has 2 atom stereocenters. The number of rotatable bonds is 4. The van der Waals surface area contributed by atoms with Gasteiger partial charge >= 0.3 is 5.97 Å². The molecule has 0 spiro atoms. The van der Waals surface area contributed by atoms with E-state index >= 15 is 0 Å². The molecule has 4 rings (SSSR count). The number of halogens is 1. The maximum atomic E-state index is 12.9. The highest BCUT2D eigenvalue weighted by molar-refractivity contribution is 6.31. The normalized spacial score (nSPS) is 28.4. The van der Waals surface area contributed by atoms with Crippen molar-refractivity contribution in [3.63, 3.8) is 0 Å². The molecule has 1 aliphatic heterocycles. The number of nitrogens with zero attached hydrogens (tertiary/aromatic N) is 1. The molecule has 1 aromatic rings. The van der Waals surface area contributed by atoms with Crippen molar-refractivity contribution in [2.24, 2.45) is 11.8 Å². The molecule has 29 heavy (non-hydrogen) atoms. The smallest absolute Gasteiger partial charge is 0.306 e. The number of amides is 1. The molecule has 2 N–H and O–H groups in total. The van der Waals surface area contributed by atoms with Crippen molar-refractivity contribution in [2.75, 3.05) is 12.4 Å². The molecule has 0 radical (unpaired) electrons. The topological polar surface area (TPSA) is 69.6 Å². The molecule has 1 saturated carbocycles. The van der Waals surface area contributed by atoms with Crippen molar-refractivity contribution >= 4 is 29.2 Å². The molecule has 5 nitrogen and oxygen atoms in total. The van der Waals surface area contributed by atoms with Gasteiger partial charge in [0, 0.05) is 35.5 Å². The number of fused-ring (bicyclic) bond motifs is 1. The SMILES string of the molecule is CN1C=C(C(=O)Nc2ccc([C@H]3CC[C@H](C(=O)O)CC3)cc2)C2C=C(Cl)C=CC21. The van der Waals surface area contributed by atoms with Gasteiger partial charge in [-0.2, -0.15) is 0 Å². The van der Waals surface area contributed by atoms with Crippen molar-refractivity contribution in [1.82, 2.24) is 4.90 Å². The second kappa shape index (κ2) is 8.07. The van der Waals surface area contributed by atoms with Crippen molar-refractivity contribution in [3.8, 4) is 0 Å². The van der Waals surface area contributed by atoms with Crippen LogP contribution < -0.4 is 5.32 Å². The third kappa shape index (κ3) is 4.10. The molecule has 1 fully saturated rings. The number of hydrogen-bond acceptors (Lipinski definition) is 3.